The molecule has 2 atom stereocenters. The van der Waals surface area contributed by atoms with E-state index in [1.54, 1.807) is 4.80 Å². The molecule has 124 valence electrons. The Morgan fingerprint density at radius 2 is 1.96 bits per heavy atom. The van der Waals surface area contributed by atoms with E-state index in [1.807, 2.05) is 36.5 Å². The molecule has 0 radical (unpaired) electrons. The molecule has 5 heteroatoms. The Kier molecular flexibility index (Phi) is 3.94. The molecule has 2 aromatic heterocycles. The first-order chi connectivity index (χ1) is 11.7. The summed E-state index contributed by atoms with van der Waals surface area (Å²) in [7, 11) is 2.07. The Balaban J connectivity index is 1.37. The van der Waals surface area contributed by atoms with Gasteiger partial charge in [0.25, 0.3) is 0 Å². The molecular weight excluding hydrogens is 300 g/mol. The van der Waals surface area contributed by atoms with Gasteiger partial charge in [0.2, 0.25) is 0 Å². The predicted molar refractivity (Wildman–Crippen MR) is 91.8 cm³/mol. The lowest BCUT2D eigenvalue weighted by molar-refractivity contribution is 0.280. The Morgan fingerprint density at radius 1 is 1.17 bits per heavy atom. The number of hydrogen-bond donors (Lipinski definition) is 0. The van der Waals surface area contributed by atoms with Gasteiger partial charge in [0.15, 0.2) is 0 Å². The van der Waals surface area contributed by atoms with Gasteiger partial charge in [-0.05, 0) is 43.7 Å². The predicted octanol–water partition coefficient (Wildman–Crippen LogP) is 3.62. The minimum atomic E-state index is 0.634. The number of aromatic nitrogens is 3. The third-order valence-electron chi connectivity index (χ3n) is 4.54. The first kappa shape index (κ1) is 15.1. The standard InChI is InChI=1S/C19H22N4O/c1-14-10-18(14)19-9-8-17(24-19)13-22(2)12-15-11-20-23(21-15)16-6-4-3-5-7-16/h3-9,11,14,18H,10,12-13H2,1-2H3/t14-,18+/m0/s1. The molecule has 1 fully saturated rings. The molecule has 3 aromatic rings. The number of furan rings is 1. The van der Waals surface area contributed by atoms with E-state index < -0.39 is 0 Å². The largest absolute Gasteiger partial charge is 0.464 e. The van der Waals surface area contributed by atoms with Crippen molar-refractivity contribution in [3.63, 3.8) is 0 Å². The molecule has 0 saturated heterocycles. The molecule has 1 aliphatic carbocycles. The van der Waals surface area contributed by atoms with Gasteiger partial charge in [0.05, 0.1) is 24.1 Å². The molecule has 0 amide bonds. The number of hydrogen-bond acceptors (Lipinski definition) is 4. The number of para-hydroxylation sites is 1. The summed E-state index contributed by atoms with van der Waals surface area (Å²) in [5, 5.41) is 8.89. The zero-order chi connectivity index (χ0) is 16.5. The van der Waals surface area contributed by atoms with Gasteiger partial charge in [-0.1, -0.05) is 25.1 Å². The van der Waals surface area contributed by atoms with Gasteiger partial charge in [0.1, 0.15) is 11.5 Å². The van der Waals surface area contributed by atoms with Crippen molar-refractivity contribution < 1.29 is 4.42 Å². The highest BCUT2D eigenvalue weighted by Gasteiger charge is 2.36. The minimum Gasteiger partial charge on any atom is -0.464 e. The number of benzene rings is 1. The molecule has 0 unspecified atom stereocenters. The van der Waals surface area contributed by atoms with E-state index in [0.29, 0.717) is 5.92 Å². The van der Waals surface area contributed by atoms with Crippen molar-refractivity contribution in [2.24, 2.45) is 5.92 Å². The van der Waals surface area contributed by atoms with Gasteiger partial charge in [-0.2, -0.15) is 15.0 Å². The Hall–Kier alpha value is -2.40. The van der Waals surface area contributed by atoms with E-state index in [9.17, 15) is 0 Å². The summed E-state index contributed by atoms with van der Waals surface area (Å²) in [5.74, 6) is 3.56. The van der Waals surface area contributed by atoms with Gasteiger partial charge in [-0.15, -0.1) is 0 Å². The third kappa shape index (κ3) is 3.26. The highest BCUT2D eigenvalue weighted by atomic mass is 16.3. The van der Waals surface area contributed by atoms with Crippen LogP contribution in [0.1, 0.15) is 36.5 Å². The van der Waals surface area contributed by atoms with Crippen molar-refractivity contribution in [1.82, 2.24) is 19.9 Å². The van der Waals surface area contributed by atoms with Crippen LogP contribution >= 0.6 is 0 Å². The second-order valence-electron chi connectivity index (χ2n) is 6.76. The van der Waals surface area contributed by atoms with Gasteiger partial charge >= 0.3 is 0 Å². The van der Waals surface area contributed by atoms with Gasteiger partial charge < -0.3 is 4.42 Å². The fraction of sp³-hybridized carbons (Fsp3) is 0.368. The van der Waals surface area contributed by atoms with Crippen LogP contribution < -0.4 is 0 Å². The van der Waals surface area contributed by atoms with Gasteiger partial charge in [-0.3, -0.25) is 4.90 Å². The van der Waals surface area contributed by atoms with Gasteiger partial charge in [-0.25, -0.2) is 0 Å². The summed E-state index contributed by atoms with van der Waals surface area (Å²) in [6.45, 7) is 3.79. The van der Waals surface area contributed by atoms with Gasteiger partial charge in [0, 0.05) is 12.5 Å². The molecule has 0 N–H and O–H groups in total. The lowest BCUT2D eigenvalue weighted by Crippen LogP contribution is -2.17. The summed E-state index contributed by atoms with van der Waals surface area (Å²) in [4.78, 5) is 3.86. The van der Waals surface area contributed by atoms with Crippen LogP contribution in [0.15, 0.2) is 53.1 Å². The molecule has 1 aliphatic rings. The fourth-order valence-electron chi connectivity index (χ4n) is 3.05. The molecule has 0 spiro atoms. The topological polar surface area (TPSA) is 47.1 Å². The minimum absolute atomic E-state index is 0.634. The van der Waals surface area contributed by atoms with Crippen molar-refractivity contribution >= 4 is 0 Å². The highest BCUT2D eigenvalue weighted by molar-refractivity contribution is 5.28. The molecule has 1 saturated carbocycles. The van der Waals surface area contributed by atoms with Crippen molar-refractivity contribution in [1.29, 1.82) is 0 Å². The number of rotatable bonds is 6. The van der Waals surface area contributed by atoms with Crippen molar-refractivity contribution in [2.45, 2.75) is 32.4 Å². The highest BCUT2D eigenvalue weighted by Crippen LogP contribution is 2.47. The lowest BCUT2D eigenvalue weighted by Gasteiger charge is -2.12. The summed E-state index contributed by atoms with van der Waals surface area (Å²) < 4.78 is 5.98. The Morgan fingerprint density at radius 3 is 2.71 bits per heavy atom. The van der Waals surface area contributed by atoms with E-state index in [1.165, 1.54) is 6.42 Å². The summed E-state index contributed by atoms with van der Waals surface area (Å²) in [6.07, 6.45) is 3.08. The Labute approximate surface area is 141 Å². The smallest absolute Gasteiger partial charge is 0.118 e. The van der Waals surface area contributed by atoms with Crippen LogP contribution in [0, 0.1) is 5.92 Å². The van der Waals surface area contributed by atoms with Crippen LogP contribution in [0.5, 0.6) is 0 Å². The summed E-state index contributed by atoms with van der Waals surface area (Å²) in [5.41, 5.74) is 1.92. The van der Waals surface area contributed by atoms with Crippen LogP contribution in [0.3, 0.4) is 0 Å². The molecule has 0 aliphatic heterocycles. The molecule has 2 heterocycles. The molecular formula is C19H22N4O. The third-order valence-corrected chi connectivity index (χ3v) is 4.54. The lowest BCUT2D eigenvalue weighted by atomic mass is 10.3. The van der Waals surface area contributed by atoms with Crippen LogP contribution in [0.25, 0.3) is 5.69 Å². The average molecular weight is 322 g/mol. The first-order valence-corrected chi connectivity index (χ1v) is 8.43. The van der Waals surface area contributed by atoms with Crippen LogP contribution in [-0.4, -0.2) is 26.9 Å². The average Bonchev–Trinajstić information content (AvgIpc) is 2.99. The van der Waals surface area contributed by atoms with Crippen LogP contribution in [0.2, 0.25) is 0 Å². The van der Waals surface area contributed by atoms with Crippen LogP contribution in [-0.2, 0) is 13.1 Å². The van der Waals surface area contributed by atoms with Crippen molar-refractivity contribution in [2.75, 3.05) is 7.05 Å². The maximum Gasteiger partial charge on any atom is 0.118 e. The zero-order valence-corrected chi connectivity index (χ0v) is 14.1. The van der Waals surface area contributed by atoms with E-state index >= 15 is 0 Å². The maximum absolute atomic E-state index is 5.98. The molecule has 24 heavy (non-hydrogen) atoms. The van der Waals surface area contributed by atoms with Crippen LogP contribution in [0.4, 0.5) is 0 Å². The molecule has 0 bridgehead atoms. The number of nitrogens with zero attached hydrogens (tertiary/aromatic N) is 4. The van der Waals surface area contributed by atoms with E-state index in [0.717, 1.165) is 41.9 Å². The zero-order valence-electron chi connectivity index (χ0n) is 14.1. The first-order valence-electron chi connectivity index (χ1n) is 8.43. The second-order valence-corrected chi connectivity index (χ2v) is 6.76. The second kappa shape index (κ2) is 6.24. The SMILES string of the molecule is C[C@H]1C[C@H]1c1ccc(CN(C)Cc2cnn(-c3ccccc3)n2)o1. The van der Waals surface area contributed by atoms with E-state index in [4.69, 9.17) is 4.42 Å². The van der Waals surface area contributed by atoms with E-state index in [2.05, 4.69) is 41.2 Å². The Bertz CT molecular complexity index is 808. The van der Waals surface area contributed by atoms with Crippen molar-refractivity contribution in [3.8, 4) is 5.69 Å². The molecule has 1 aromatic carbocycles. The normalized spacial score (nSPS) is 19.8. The molecule has 4 rings (SSSR count). The fourth-order valence-corrected chi connectivity index (χ4v) is 3.05. The summed E-state index contributed by atoms with van der Waals surface area (Å²) in [6, 6.07) is 14.2. The van der Waals surface area contributed by atoms with E-state index in [-0.39, 0.29) is 0 Å². The molecule has 5 nitrogen and oxygen atoms in total. The quantitative estimate of drug-likeness (QED) is 0.695. The van der Waals surface area contributed by atoms with Crippen molar-refractivity contribution in [3.05, 3.63) is 65.9 Å². The maximum atomic E-state index is 5.98. The summed E-state index contributed by atoms with van der Waals surface area (Å²) >= 11 is 0. The monoisotopic (exact) mass is 322 g/mol.